The van der Waals surface area contributed by atoms with Crippen molar-refractivity contribution in [1.82, 2.24) is 10.2 Å². The number of carbonyl (C=O) groups is 2. The third-order valence-electron chi connectivity index (χ3n) is 3.23. The second kappa shape index (κ2) is 8.55. The Balaban J connectivity index is 2.55. The molecule has 1 N–H and O–H groups in total. The summed E-state index contributed by atoms with van der Waals surface area (Å²) in [6, 6.07) is 5.32. The van der Waals surface area contributed by atoms with Gasteiger partial charge in [-0.15, -0.1) is 0 Å². The molecular weight excluding hydrogens is 335 g/mol. The summed E-state index contributed by atoms with van der Waals surface area (Å²) in [6.45, 7) is 8.19. The van der Waals surface area contributed by atoms with Crippen LogP contribution in [0.2, 0.25) is 10.0 Å². The van der Waals surface area contributed by atoms with Gasteiger partial charge in [-0.25, -0.2) is 0 Å². The van der Waals surface area contributed by atoms with Gasteiger partial charge in [0.05, 0.1) is 0 Å². The van der Waals surface area contributed by atoms with E-state index in [0.717, 1.165) is 5.56 Å². The van der Waals surface area contributed by atoms with Crippen LogP contribution in [0.4, 0.5) is 0 Å². The summed E-state index contributed by atoms with van der Waals surface area (Å²) in [4.78, 5) is 25.3. The minimum atomic E-state index is -0.269. The largest absolute Gasteiger partial charge is 0.351 e. The van der Waals surface area contributed by atoms with Crippen LogP contribution < -0.4 is 5.32 Å². The van der Waals surface area contributed by atoms with Crippen molar-refractivity contribution in [3.8, 4) is 0 Å². The molecule has 0 aliphatic carbocycles. The molecule has 0 aromatic heterocycles. The van der Waals surface area contributed by atoms with Crippen LogP contribution in [0.15, 0.2) is 18.2 Å². The van der Waals surface area contributed by atoms with Crippen molar-refractivity contribution in [3.63, 3.8) is 0 Å². The molecule has 0 aliphatic heterocycles. The predicted octanol–water partition coefficient (Wildman–Crippen LogP) is 3.69. The molecular formula is C17H24Cl2N2O2. The lowest BCUT2D eigenvalue weighted by Crippen LogP contribution is -2.42. The van der Waals surface area contributed by atoms with E-state index in [9.17, 15) is 9.59 Å². The van der Waals surface area contributed by atoms with Crippen LogP contribution in [0.3, 0.4) is 0 Å². The van der Waals surface area contributed by atoms with Gasteiger partial charge in [-0.3, -0.25) is 9.59 Å². The highest BCUT2D eigenvalue weighted by atomic mass is 35.5. The van der Waals surface area contributed by atoms with E-state index in [-0.39, 0.29) is 23.8 Å². The van der Waals surface area contributed by atoms with Gasteiger partial charge >= 0.3 is 0 Å². The summed E-state index contributed by atoms with van der Waals surface area (Å²) in [5.41, 5.74) is 0.663. The van der Waals surface area contributed by atoms with Crippen molar-refractivity contribution in [1.29, 1.82) is 0 Å². The molecule has 6 heteroatoms. The van der Waals surface area contributed by atoms with Gasteiger partial charge in [-0.2, -0.15) is 0 Å². The van der Waals surface area contributed by atoms with Gasteiger partial charge in [0.2, 0.25) is 11.8 Å². The fraction of sp³-hybridized carbons (Fsp3) is 0.529. The van der Waals surface area contributed by atoms with Crippen LogP contribution in [0.1, 0.15) is 39.7 Å². The lowest BCUT2D eigenvalue weighted by atomic mass is 10.1. The Morgan fingerprint density at radius 3 is 2.35 bits per heavy atom. The fourth-order valence-corrected chi connectivity index (χ4v) is 2.63. The Morgan fingerprint density at radius 2 is 1.83 bits per heavy atom. The lowest BCUT2D eigenvalue weighted by molar-refractivity contribution is -0.129. The molecule has 0 spiro atoms. The van der Waals surface area contributed by atoms with E-state index in [1.165, 1.54) is 6.92 Å². The molecule has 1 rings (SSSR count). The Bertz CT molecular complexity index is 568. The highest BCUT2D eigenvalue weighted by Gasteiger charge is 2.16. The normalized spacial score (nSPS) is 11.2. The molecule has 0 atom stereocenters. The zero-order chi connectivity index (χ0) is 17.6. The summed E-state index contributed by atoms with van der Waals surface area (Å²) in [7, 11) is 0. The summed E-state index contributed by atoms with van der Waals surface area (Å²) in [5.74, 6) is -0.119. The molecule has 0 bridgehead atoms. The molecule has 0 aliphatic rings. The molecule has 0 fully saturated rings. The van der Waals surface area contributed by atoms with E-state index in [0.29, 0.717) is 29.6 Å². The smallest absolute Gasteiger partial charge is 0.222 e. The average Bonchev–Trinajstić information content (AvgIpc) is 2.38. The Kier molecular flexibility index (Phi) is 7.36. The number of benzene rings is 1. The van der Waals surface area contributed by atoms with Crippen molar-refractivity contribution in [2.45, 2.75) is 46.1 Å². The molecule has 0 radical (unpaired) electrons. The molecule has 0 unspecified atom stereocenters. The van der Waals surface area contributed by atoms with Gasteiger partial charge in [0.15, 0.2) is 0 Å². The average molecular weight is 359 g/mol. The Morgan fingerprint density at radius 1 is 1.17 bits per heavy atom. The number of rotatable bonds is 6. The van der Waals surface area contributed by atoms with E-state index < -0.39 is 0 Å². The Labute approximate surface area is 148 Å². The topological polar surface area (TPSA) is 49.4 Å². The van der Waals surface area contributed by atoms with Crippen molar-refractivity contribution in [2.75, 3.05) is 13.1 Å². The minimum absolute atomic E-state index is 0.0568. The van der Waals surface area contributed by atoms with E-state index >= 15 is 0 Å². The summed E-state index contributed by atoms with van der Waals surface area (Å²) in [5, 5.41) is 4.06. The third kappa shape index (κ3) is 7.71. The van der Waals surface area contributed by atoms with Gasteiger partial charge in [0.25, 0.3) is 0 Å². The van der Waals surface area contributed by atoms with Gasteiger partial charge in [-0.1, -0.05) is 29.3 Å². The molecule has 0 saturated heterocycles. The number of halogens is 2. The van der Waals surface area contributed by atoms with Crippen LogP contribution in [-0.2, 0) is 16.0 Å². The van der Waals surface area contributed by atoms with Gasteiger partial charge in [-0.05, 0) is 44.9 Å². The van der Waals surface area contributed by atoms with Crippen LogP contribution in [-0.4, -0.2) is 35.3 Å². The first-order valence-corrected chi connectivity index (χ1v) is 8.34. The SMILES string of the molecule is CC(=O)N(CCC(=O)NC(C)(C)C)CCc1ccc(Cl)cc1Cl. The maximum Gasteiger partial charge on any atom is 0.222 e. The van der Waals surface area contributed by atoms with Gasteiger partial charge in [0, 0.05) is 42.0 Å². The van der Waals surface area contributed by atoms with Gasteiger partial charge < -0.3 is 10.2 Å². The minimum Gasteiger partial charge on any atom is -0.351 e. The van der Waals surface area contributed by atoms with Crippen molar-refractivity contribution in [3.05, 3.63) is 33.8 Å². The number of nitrogens with zero attached hydrogens (tertiary/aromatic N) is 1. The first-order chi connectivity index (χ1) is 10.6. The molecule has 0 heterocycles. The first kappa shape index (κ1) is 19.8. The molecule has 2 amide bonds. The van der Waals surface area contributed by atoms with E-state index in [1.54, 1.807) is 17.0 Å². The number of hydrogen-bond donors (Lipinski definition) is 1. The Hall–Kier alpha value is -1.26. The first-order valence-electron chi connectivity index (χ1n) is 7.59. The predicted molar refractivity (Wildman–Crippen MR) is 94.9 cm³/mol. The van der Waals surface area contributed by atoms with Crippen molar-refractivity contribution in [2.24, 2.45) is 0 Å². The van der Waals surface area contributed by atoms with Crippen LogP contribution in [0.5, 0.6) is 0 Å². The second-order valence-corrected chi connectivity index (χ2v) is 7.38. The zero-order valence-corrected chi connectivity index (χ0v) is 15.6. The number of amides is 2. The van der Waals surface area contributed by atoms with Crippen LogP contribution >= 0.6 is 23.2 Å². The van der Waals surface area contributed by atoms with E-state index in [2.05, 4.69) is 5.32 Å². The lowest BCUT2D eigenvalue weighted by Gasteiger charge is -2.24. The highest BCUT2D eigenvalue weighted by Crippen LogP contribution is 2.21. The molecule has 23 heavy (non-hydrogen) atoms. The van der Waals surface area contributed by atoms with Crippen molar-refractivity contribution < 1.29 is 9.59 Å². The standard InChI is InChI=1S/C17H24Cl2N2O2/c1-12(22)21(10-8-16(23)20-17(2,3)4)9-7-13-5-6-14(18)11-15(13)19/h5-6,11H,7-10H2,1-4H3,(H,20,23). The molecule has 1 aromatic rings. The van der Waals surface area contributed by atoms with Crippen LogP contribution in [0.25, 0.3) is 0 Å². The maximum atomic E-state index is 11.9. The second-order valence-electron chi connectivity index (χ2n) is 6.54. The number of nitrogens with one attached hydrogen (secondary N) is 1. The highest BCUT2D eigenvalue weighted by molar-refractivity contribution is 6.35. The quantitative estimate of drug-likeness (QED) is 0.842. The van der Waals surface area contributed by atoms with E-state index in [1.807, 2.05) is 26.8 Å². The summed E-state index contributed by atoms with van der Waals surface area (Å²) in [6.07, 6.45) is 0.904. The maximum absolute atomic E-state index is 11.9. The molecule has 1 aromatic carbocycles. The molecule has 128 valence electrons. The number of hydrogen-bond acceptors (Lipinski definition) is 2. The number of carbonyl (C=O) groups excluding carboxylic acids is 2. The van der Waals surface area contributed by atoms with Gasteiger partial charge in [0.1, 0.15) is 0 Å². The molecule has 4 nitrogen and oxygen atoms in total. The van der Waals surface area contributed by atoms with Crippen LogP contribution in [0, 0.1) is 0 Å². The molecule has 0 saturated carbocycles. The monoisotopic (exact) mass is 358 g/mol. The fourth-order valence-electron chi connectivity index (χ4n) is 2.12. The zero-order valence-electron chi connectivity index (χ0n) is 14.1. The summed E-state index contributed by atoms with van der Waals surface area (Å²) >= 11 is 12.0. The van der Waals surface area contributed by atoms with E-state index in [4.69, 9.17) is 23.2 Å². The van der Waals surface area contributed by atoms with Crippen molar-refractivity contribution >= 4 is 35.0 Å². The third-order valence-corrected chi connectivity index (χ3v) is 3.82. The summed E-state index contributed by atoms with van der Waals surface area (Å²) < 4.78 is 0.